The number of nitrogens with one attached hydrogen (secondary N) is 1. The van der Waals surface area contributed by atoms with E-state index in [4.69, 9.17) is 11.6 Å². The van der Waals surface area contributed by atoms with E-state index < -0.39 is 17.7 Å². The van der Waals surface area contributed by atoms with Crippen LogP contribution in [0.1, 0.15) is 34.8 Å². The van der Waals surface area contributed by atoms with Crippen LogP contribution < -0.4 is 10.2 Å². The molecule has 6 heteroatoms. The molecule has 5 nitrogen and oxygen atoms in total. The highest BCUT2D eigenvalue weighted by atomic mass is 35.5. The predicted molar refractivity (Wildman–Crippen MR) is 102 cm³/mol. The molecule has 0 radical (unpaired) electrons. The third kappa shape index (κ3) is 3.10. The molecular formula is C20H19ClN2O3. The third-order valence-electron chi connectivity index (χ3n) is 4.53. The van der Waals surface area contributed by atoms with Gasteiger partial charge in [-0.25, -0.2) is 0 Å². The molecule has 0 aromatic heterocycles. The Balaban J connectivity index is 1.94. The number of anilines is 2. The summed E-state index contributed by atoms with van der Waals surface area (Å²) < 4.78 is 0. The van der Waals surface area contributed by atoms with Crippen LogP contribution in [-0.4, -0.2) is 23.6 Å². The van der Waals surface area contributed by atoms with Gasteiger partial charge in [0.15, 0.2) is 0 Å². The van der Waals surface area contributed by atoms with E-state index in [1.165, 1.54) is 4.90 Å². The number of hydrogen-bond donors (Lipinski definition) is 1. The Morgan fingerprint density at radius 2 is 1.88 bits per heavy atom. The lowest BCUT2D eigenvalue weighted by molar-refractivity contribution is -0.121. The zero-order valence-electron chi connectivity index (χ0n) is 14.8. The van der Waals surface area contributed by atoms with Crippen LogP contribution in [0.4, 0.5) is 11.4 Å². The van der Waals surface area contributed by atoms with Crippen LogP contribution in [0.25, 0.3) is 0 Å². The number of benzene rings is 2. The lowest BCUT2D eigenvalue weighted by Gasteiger charge is -2.26. The van der Waals surface area contributed by atoms with Gasteiger partial charge in [0.05, 0.1) is 11.3 Å². The summed E-state index contributed by atoms with van der Waals surface area (Å²) in [4.78, 5) is 39.0. The largest absolute Gasteiger partial charge is 0.324 e. The Bertz CT molecular complexity index is 923. The first kappa shape index (κ1) is 18.1. The molecule has 26 heavy (non-hydrogen) atoms. The van der Waals surface area contributed by atoms with Crippen molar-refractivity contribution in [1.82, 2.24) is 0 Å². The van der Waals surface area contributed by atoms with E-state index in [1.807, 2.05) is 26.0 Å². The van der Waals surface area contributed by atoms with Crippen LogP contribution in [0.5, 0.6) is 0 Å². The number of ketones is 1. The molecule has 0 saturated carbocycles. The van der Waals surface area contributed by atoms with Crippen molar-refractivity contribution in [3.05, 3.63) is 58.1 Å². The third-order valence-corrected chi connectivity index (χ3v) is 4.76. The van der Waals surface area contributed by atoms with E-state index in [2.05, 4.69) is 5.32 Å². The topological polar surface area (TPSA) is 66.5 Å². The number of rotatable bonds is 4. The highest BCUT2D eigenvalue weighted by molar-refractivity contribution is 6.53. The Kier molecular flexibility index (Phi) is 4.83. The normalized spacial score (nSPS) is 14.4. The van der Waals surface area contributed by atoms with Gasteiger partial charge < -0.3 is 5.32 Å². The molecule has 0 spiro atoms. The fourth-order valence-corrected chi connectivity index (χ4v) is 3.29. The number of hydrogen-bond acceptors (Lipinski definition) is 3. The van der Waals surface area contributed by atoms with Crippen molar-refractivity contribution in [3.8, 4) is 0 Å². The Hall–Kier alpha value is -2.66. The van der Waals surface area contributed by atoms with E-state index in [-0.39, 0.29) is 5.91 Å². The highest BCUT2D eigenvalue weighted by Crippen LogP contribution is 2.32. The Morgan fingerprint density at radius 3 is 2.58 bits per heavy atom. The Morgan fingerprint density at radius 1 is 1.15 bits per heavy atom. The van der Waals surface area contributed by atoms with Gasteiger partial charge in [-0.2, -0.15) is 0 Å². The molecule has 1 aliphatic rings. The standard InChI is InChI=1S/C20H19ClN2O3/c1-4-16(19(25)22-15-10-13(21)7-6-12(15)3)23-17-8-5-11(2)9-14(17)18(24)20(23)26/h5-10,16H,4H2,1-3H3,(H,22,25). The number of aryl methyl sites for hydroxylation is 2. The molecule has 1 atom stereocenters. The summed E-state index contributed by atoms with van der Waals surface area (Å²) in [6.45, 7) is 5.52. The van der Waals surface area contributed by atoms with E-state index in [0.717, 1.165) is 11.1 Å². The van der Waals surface area contributed by atoms with Gasteiger partial charge in [-0.1, -0.05) is 36.2 Å². The molecule has 2 aromatic rings. The molecule has 2 aromatic carbocycles. The van der Waals surface area contributed by atoms with Gasteiger partial charge in [0, 0.05) is 10.7 Å². The fourth-order valence-electron chi connectivity index (χ4n) is 3.12. The molecule has 134 valence electrons. The maximum absolute atomic E-state index is 12.9. The monoisotopic (exact) mass is 370 g/mol. The van der Waals surface area contributed by atoms with Crippen molar-refractivity contribution in [1.29, 1.82) is 0 Å². The lowest BCUT2D eigenvalue weighted by Crippen LogP contribution is -2.46. The highest BCUT2D eigenvalue weighted by Gasteiger charge is 2.41. The molecule has 1 unspecified atom stereocenters. The summed E-state index contributed by atoms with van der Waals surface area (Å²) in [5.41, 5.74) is 3.16. The second-order valence-corrected chi connectivity index (χ2v) is 6.83. The Labute approximate surface area is 156 Å². The first-order valence-corrected chi connectivity index (χ1v) is 8.76. The van der Waals surface area contributed by atoms with Crippen LogP contribution >= 0.6 is 11.6 Å². The number of nitrogens with zero attached hydrogens (tertiary/aromatic N) is 1. The van der Waals surface area contributed by atoms with Crippen LogP contribution in [0.15, 0.2) is 36.4 Å². The minimum atomic E-state index is -0.784. The molecular weight excluding hydrogens is 352 g/mol. The van der Waals surface area contributed by atoms with E-state index in [9.17, 15) is 14.4 Å². The van der Waals surface area contributed by atoms with Gasteiger partial charge in [-0.3, -0.25) is 19.3 Å². The van der Waals surface area contributed by atoms with Gasteiger partial charge in [0.25, 0.3) is 11.7 Å². The van der Waals surface area contributed by atoms with Gasteiger partial charge in [0.1, 0.15) is 6.04 Å². The number of carbonyl (C=O) groups excluding carboxylic acids is 3. The number of fused-ring (bicyclic) bond motifs is 1. The van der Waals surface area contributed by atoms with Crippen molar-refractivity contribution in [3.63, 3.8) is 0 Å². The van der Waals surface area contributed by atoms with Gasteiger partial charge in [0.2, 0.25) is 5.91 Å². The lowest BCUT2D eigenvalue weighted by atomic mass is 10.1. The zero-order valence-corrected chi connectivity index (χ0v) is 15.6. The summed E-state index contributed by atoms with van der Waals surface area (Å²) in [7, 11) is 0. The summed E-state index contributed by atoms with van der Waals surface area (Å²) in [5.74, 6) is -1.60. The second kappa shape index (κ2) is 6.92. The van der Waals surface area contributed by atoms with Gasteiger partial charge in [-0.05, 0) is 50.1 Å². The summed E-state index contributed by atoms with van der Waals surface area (Å²) in [6, 6.07) is 9.65. The molecule has 0 fully saturated rings. The second-order valence-electron chi connectivity index (χ2n) is 6.40. The molecule has 0 aliphatic carbocycles. The smallest absolute Gasteiger partial charge is 0.300 e. The van der Waals surface area contributed by atoms with Crippen molar-refractivity contribution in [2.75, 3.05) is 10.2 Å². The molecule has 0 bridgehead atoms. The number of amides is 2. The number of Topliss-reactive ketones (excluding diaryl/α,β-unsaturated/α-hetero) is 1. The van der Waals surface area contributed by atoms with E-state index in [1.54, 1.807) is 31.2 Å². The molecule has 1 N–H and O–H groups in total. The predicted octanol–water partition coefficient (Wildman–Crippen LogP) is 3.90. The minimum absolute atomic E-state index is 0.347. The fraction of sp³-hybridized carbons (Fsp3) is 0.250. The number of carbonyl (C=O) groups is 3. The first-order valence-electron chi connectivity index (χ1n) is 8.39. The average molecular weight is 371 g/mol. The summed E-state index contributed by atoms with van der Waals surface area (Å²) in [5, 5.41) is 3.33. The van der Waals surface area contributed by atoms with Crippen LogP contribution in [0, 0.1) is 13.8 Å². The van der Waals surface area contributed by atoms with Crippen molar-refractivity contribution in [2.45, 2.75) is 33.2 Å². The number of halogens is 1. The molecule has 0 saturated heterocycles. The van der Waals surface area contributed by atoms with Crippen LogP contribution in [0.3, 0.4) is 0 Å². The average Bonchev–Trinajstić information content (AvgIpc) is 2.84. The van der Waals surface area contributed by atoms with Gasteiger partial charge in [-0.15, -0.1) is 0 Å². The maximum Gasteiger partial charge on any atom is 0.300 e. The molecule has 1 aliphatic heterocycles. The molecule has 3 rings (SSSR count). The quantitative estimate of drug-likeness (QED) is 0.830. The zero-order chi connectivity index (χ0) is 19.0. The van der Waals surface area contributed by atoms with Crippen molar-refractivity contribution >= 4 is 40.6 Å². The van der Waals surface area contributed by atoms with Crippen LogP contribution in [-0.2, 0) is 9.59 Å². The molecule has 2 amide bonds. The van der Waals surface area contributed by atoms with E-state index in [0.29, 0.717) is 28.4 Å². The van der Waals surface area contributed by atoms with Crippen molar-refractivity contribution in [2.24, 2.45) is 0 Å². The molecule has 1 heterocycles. The first-order chi connectivity index (χ1) is 12.3. The SMILES string of the molecule is CCC(C(=O)Nc1cc(Cl)ccc1C)N1C(=O)C(=O)c2cc(C)ccc21. The van der Waals surface area contributed by atoms with Crippen molar-refractivity contribution < 1.29 is 14.4 Å². The van der Waals surface area contributed by atoms with Gasteiger partial charge >= 0.3 is 0 Å². The maximum atomic E-state index is 12.9. The minimum Gasteiger partial charge on any atom is -0.324 e. The summed E-state index contributed by atoms with van der Waals surface area (Å²) in [6.07, 6.45) is 0.373. The summed E-state index contributed by atoms with van der Waals surface area (Å²) >= 11 is 6.00. The van der Waals surface area contributed by atoms with Crippen LogP contribution in [0.2, 0.25) is 5.02 Å². The van der Waals surface area contributed by atoms with E-state index >= 15 is 0 Å².